The summed E-state index contributed by atoms with van der Waals surface area (Å²) in [7, 11) is 0. The van der Waals surface area contributed by atoms with Gasteiger partial charge in [0, 0.05) is 12.0 Å². The van der Waals surface area contributed by atoms with Crippen LogP contribution in [0.5, 0.6) is 5.75 Å². The van der Waals surface area contributed by atoms with Gasteiger partial charge in [-0.25, -0.2) is 0 Å². The predicted octanol–water partition coefficient (Wildman–Crippen LogP) is 4.00. The fourth-order valence-electron chi connectivity index (χ4n) is 3.45. The van der Waals surface area contributed by atoms with E-state index in [2.05, 4.69) is 16.9 Å². The van der Waals surface area contributed by atoms with Crippen LogP contribution in [-0.2, 0) is 9.53 Å². The first-order chi connectivity index (χ1) is 14.2. The molecule has 1 saturated heterocycles. The molecule has 0 radical (unpaired) electrons. The van der Waals surface area contributed by atoms with E-state index in [1.54, 1.807) is 6.21 Å². The van der Waals surface area contributed by atoms with Crippen LogP contribution in [0, 0.1) is 11.8 Å². The lowest BCUT2D eigenvalue weighted by Gasteiger charge is -2.29. The van der Waals surface area contributed by atoms with Crippen molar-refractivity contribution in [1.29, 1.82) is 0 Å². The van der Waals surface area contributed by atoms with Crippen LogP contribution in [0.3, 0.4) is 0 Å². The van der Waals surface area contributed by atoms with E-state index in [4.69, 9.17) is 15.3 Å². The lowest BCUT2D eigenvalue weighted by Crippen LogP contribution is -2.28. The monoisotopic (exact) mass is 390 g/mol. The quantitative estimate of drug-likeness (QED) is 0.266. The molecule has 0 amide bonds. The summed E-state index contributed by atoms with van der Waals surface area (Å²) in [6.45, 7) is 2.61. The van der Waals surface area contributed by atoms with E-state index < -0.39 is 0 Å². The van der Waals surface area contributed by atoms with Gasteiger partial charge in [-0.15, -0.1) is 0 Å². The van der Waals surface area contributed by atoms with E-state index >= 15 is 0 Å². The van der Waals surface area contributed by atoms with Gasteiger partial charge in [0.05, 0.1) is 19.2 Å². The van der Waals surface area contributed by atoms with E-state index in [-0.39, 0.29) is 18.0 Å². The molecule has 0 aromatic heterocycles. The molecule has 1 aliphatic heterocycles. The van der Waals surface area contributed by atoms with Crippen molar-refractivity contribution in [3.8, 4) is 17.6 Å². The van der Waals surface area contributed by atoms with Crippen LogP contribution in [0.25, 0.3) is 0 Å². The summed E-state index contributed by atoms with van der Waals surface area (Å²) >= 11 is 0. The second-order valence-corrected chi connectivity index (χ2v) is 6.99. The average molecular weight is 390 g/mol. The van der Waals surface area contributed by atoms with Crippen LogP contribution in [0.1, 0.15) is 55.2 Å². The lowest BCUT2D eigenvalue weighted by molar-refractivity contribution is -0.155. The Morgan fingerprint density at radius 2 is 1.97 bits per heavy atom. The molecule has 0 saturated carbocycles. The molecule has 2 atom stereocenters. The van der Waals surface area contributed by atoms with E-state index in [0.717, 1.165) is 35.3 Å². The van der Waals surface area contributed by atoms with E-state index in [1.165, 1.54) is 0 Å². The predicted molar refractivity (Wildman–Crippen MR) is 114 cm³/mol. The van der Waals surface area contributed by atoms with Crippen LogP contribution in [-0.4, -0.2) is 24.9 Å². The van der Waals surface area contributed by atoms with Crippen molar-refractivity contribution >= 4 is 12.2 Å². The second kappa shape index (κ2) is 10.3. The van der Waals surface area contributed by atoms with Gasteiger partial charge in [0.2, 0.25) is 0 Å². The van der Waals surface area contributed by atoms with Crippen LogP contribution < -0.4 is 10.6 Å². The first-order valence-electron chi connectivity index (χ1n) is 9.92. The van der Waals surface area contributed by atoms with Gasteiger partial charge in [0.1, 0.15) is 11.9 Å². The summed E-state index contributed by atoms with van der Waals surface area (Å²) in [5, 5.41) is 3.50. The third-order valence-electron chi connectivity index (χ3n) is 4.88. The largest absolute Gasteiger partial charge is 0.494 e. The summed E-state index contributed by atoms with van der Waals surface area (Å²) in [5.41, 5.74) is 3.03. The number of nitrogens with zero attached hydrogens (tertiary/aromatic N) is 1. The van der Waals surface area contributed by atoms with Crippen molar-refractivity contribution in [3.05, 3.63) is 65.2 Å². The molecule has 0 aliphatic carbocycles. The number of carbonyl (C=O) groups is 1. The van der Waals surface area contributed by atoms with Gasteiger partial charge in [-0.05, 0) is 61.1 Å². The highest BCUT2D eigenvalue weighted by Crippen LogP contribution is 2.33. The van der Waals surface area contributed by atoms with Crippen molar-refractivity contribution in [2.75, 3.05) is 6.61 Å². The third-order valence-corrected chi connectivity index (χ3v) is 4.88. The maximum Gasteiger partial charge on any atom is 0.306 e. The molecule has 1 fully saturated rings. The van der Waals surface area contributed by atoms with Crippen molar-refractivity contribution in [1.82, 2.24) is 0 Å². The molecule has 2 aromatic carbocycles. The van der Waals surface area contributed by atoms with Crippen LogP contribution >= 0.6 is 0 Å². The smallest absolute Gasteiger partial charge is 0.306 e. The topological polar surface area (TPSA) is 73.9 Å². The summed E-state index contributed by atoms with van der Waals surface area (Å²) < 4.78 is 11.0. The van der Waals surface area contributed by atoms with Gasteiger partial charge < -0.3 is 15.3 Å². The Morgan fingerprint density at radius 1 is 1.21 bits per heavy atom. The number of hydrogen-bond donors (Lipinski definition) is 1. The van der Waals surface area contributed by atoms with Gasteiger partial charge in [0.25, 0.3) is 0 Å². The van der Waals surface area contributed by atoms with Crippen LogP contribution in [0.2, 0.25) is 0 Å². The molecule has 0 unspecified atom stereocenters. The molecule has 0 spiro atoms. The molecule has 2 N–H and O–H groups in total. The third kappa shape index (κ3) is 6.11. The first-order valence-corrected chi connectivity index (χ1v) is 9.92. The normalized spacial score (nSPS) is 18.7. The number of rotatable bonds is 6. The number of hydrogen-bond acceptors (Lipinski definition) is 5. The van der Waals surface area contributed by atoms with Crippen LogP contribution in [0.15, 0.2) is 53.6 Å². The molecule has 5 heteroatoms. The first kappa shape index (κ1) is 20.5. The zero-order valence-electron chi connectivity index (χ0n) is 16.6. The second-order valence-electron chi connectivity index (χ2n) is 6.99. The minimum atomic E-state index is -0.134. The number of cyclic esters (lactones) is 1. The van der Waals surface area contributed by atoms with E-state index in [0.29, 0.717) is 19.4 Å². The Kier molecular flexibility index (Phi) is 7.29. The lowest BCUT2D eigenvalue weighted by atomic mass is 9.87. The maximum atomic E-state index is 12.1. The Bertz CT molecular complexity index is 892. The van der Waals surface area contributed by atoms with E-state index in [9.17, 15) is 4.79 Å². The number of benzene rings is 2. The zero-order chi connectivity index (χ0) is 20.5. The molecule has 2 aromatic rings. The summed E-state index contributed by atoms with van der Waals surface area (Å²) in [4.78, 5) is 12.1. The summed E-state index contributed by atoms with van der Waals surface area (Å²) in [6.07, 6.45) is 4.17. The molecular formula is C24H26N2O3. The fraction of sp³-hybridized carbons (Fsp3) is 0.333. The molecule has 1 aliphatic rings. The summed E-state index contributed by atoms with van der Waals surface area (Å²) in [5.74, 6) is 12.4. The highest BCUT2D eigenvalue weighted by Gasteiger charge is 2.29. The molecule has 5 nitrogen and oxygen atoms in total. The molecule has 150 valence electrons. The van der Waals surface area contributed by atoms with Crippen molar-refractivity contribution in [2.24, 2.45) is 10.9 Å². The molecule has 1 heterocycles. The highest BCUT2D eigenvalue weighted by atomic mass is 16.5. The van der Waals surface area contributed by atoms with Crippen molar-refractivity contribution in [3.63, 3.8) is 0 Å². The fourth-order valence-corrected chi connectivity index (χ4v) is 3.45. The number of esters is 1. The molecule has 3 rings (SSSR count). The van der Waals surface area contributed by atoms with Gasteiger partial charge in [-0.2, -0.15) is 5.10 Å². The SMILES string of the molecule is CCOc1ccc([C@H]2CC(=O)O[C@H](CCC#Cc3ccc(C=NN)cc3)C2)cc1. The Hall–Kier alpha value is -3.26. The molecule has 0 bridgehead atoms. The van der Waals surface area contributed by atoms with Gasteiger partial charge >= 0.3 is 5.97 Å². The Labute approximate surface area is 171 Å². The number of hydrazone groups is 1. The maximum absolute atomic E-state index is 12.1. The van der Waals surface area contributed by atoms with Gasteiger partial charge in [-0.3, -0.25) is 4.79 Å². The Morgan fingerprint density at radius 3 is 2.66 bits per heavy atom. The number of nitrogens with two attached hydrogens (primary N) is 1. The van der Waals surface area contributed by atoms with E-state index in [1.807, 2.05) is 55.5 Å². The summed E-state index contributed by atoms with van der Waals surface area (Å²) in [6, 6.07) is 15.7. The minimum absolute atomic E-state index is 0.0924. The van der Waals surface area contributed by atoms with Gasteiger partial charge in [0.15, 0.2) is 0 Å². The Balaban J connectivity index is 1.54. The molecular weight excluding hydrogens is 364 g/mol. The number of ether oxygens (including phenoxy) is 2. The van der Waals surface area contributed by atoms with Crippen LogP contribution in [0.4, 0.5) is 0 Å². The highest BCUT2D eigenvalue weighted by molar-refractivity contribution is 5.79. The van der Waals surface area contributed by atoms with Gasteiger partial charge in [-0.1, -0.05) is 36.1 Å². The van der Waals surface area contributed by atoms with Crippen molar-refractivity contribution < 1.29 is 14.3 Å². The minimum Gasteiger partial charge on any atom is -0.494 e. The molecule has 29 heavy (non-hydrogen) atoms. The van der Waals surface area contributed by atoms with Crippen molar-refractivity contribution in [2.45, 2.75) is 44.6 Å². The standard InChI is InChI=1S/C24H26N2O3/c1-2-28-22-13-11-20(12-14-22)21-15-23(29-24(27)16-21)6-4-3-5-18-7-9-19(10-8-18)17-26-25/h7-14,17,21,23H,2,4,6,15-16,25H2,1H3/t21-,23-/m1/s1. The average Bonchev–Trinajstić information content (AvgIpc) is 2.73. The number of carbonyl (C=O) groups excluding carboxylic acids is 1. The zero-order valence-corrected chi connectivity index (χ0v) is 16.6.